The van der Waals surface area contributed by atoms with Gasteiger partial charge in [0.25, 0.3) is 5.69 Å². The maximum absolute atomic E-state index is 12.5. The summed E-state index contributed by atoms with van der Waals surface area (Å²) in [4.78, 5) is 36.8. The lowest BCUT2D eigenvalue weighted by Gasteiger charge is -2.26. The van der Waals surface area contributed by atoms with Gasteiger partial charge in [0.15, 0.2) is 0 Å². The van der Waals surface area contributed by atoms with Crippen LogP contribution >= 0.6 is 0 Å². The van der Waals surface area contributed by atoms with Gasteiger partial charge in [-0.2, -0.15) is 0 Å². The van der Waals surface area contributed by atoms with Crippen LogP contribution in [-0.4, -0.2) is 46.8 Å². The molecule has 0 spiro atoms. The molecule has 5 N–H and O–H groups in total. The molecule has 1 aliphatic rings. The Labute approximate surface area is 151 Å². The Bertz CT molecular complexity index is 649. The lowest BCUT2D eigenvalue weighted by atomic mass is 10.1. The Balaban J connectivity index is 1.96. The van der Waals surface area contributed by atoms with E-state index >= 15 is 0 Å². The van der Waals surface area contributed by atoms with Crippen molar-refractivity contribution in [2.24, 2.45) is 11.5 Å². The highest BCUT2D eigenvalue weighted by atomic mass is 16.6. The van der Waals surface area contributed by atoms with E-state index in [1.54, 1.807) is 0 Å². The number of carbonyl (C=O) groups is 2. The van der Waals surface area contributed by atoms with Gasteiger partial charge in [-0.25, -0.2) is 0 Å². The van der Waals surface area contributed by atoms with Crippen LogP contribution in [0.3, 0.4) is 0 Å². The molecule has 2 atom stereocenters. The second-order valence-corrected chi connectivity index (χ2v) is 6.37. The molecule has 2 amide bonds. The SMILES string of the molecule is NCCCC[C@H](N)C(=O)N1CCC[C@H]1C(=O)Nc1ccc([N+](=O)[O-])cc1. The molecular weight excluding hydrogens is 338 g/mol. The molecular formula is C17H25N5O4. The monoisotopic (exact) mass is 363 g/mol. The third kappa shape index (κ3) is 4.99. The zero-order valence-electron chi connectivity index (χ0n) is 14.6. The van der Waals surface area contributed by atoms with Gasteiger partial charge >= 0.3 is 0 Å². The van der Waals surface area contributed by atoms with Crippen LogP contribution in [0.4, 0.5) is 11.4 Å². The average Bonchev–Trinajstić information content (AvgIpc) is 3.11. The molecule has 0 unspecified atom stereocenters. The minimum absolute atomic E-state index is 0.0517. The quantitative estimate of drug-likeness (QED) is 0.357. The molecule has 1 heterocycles. The van der Waals surface area contributed by atoms with Gasteiger partial charge in [-0.3, -0.25) is 19.7 Å². The molecule has 0 aliphatic carbocycles. The number of amides is 2. The standard InChI is InChI=1S/C17H25N5O4/c18-10-2-1-4-14(19)17(24)21-11-3-5-15(21)16(23)20-12-6-8-13(9-7-12)22(25)26/h6-9,14-15H,1-5,10-11,18-19H2,(H,20,23)/t14-,15-/m0/s1. The van der Waals surface area contributed by atoms with Crippen molar-refractivity contribution >= 4 is 23.2 Å². The molecule has 1 aliphatic heterocycles. The Kier molecular flexibility index (Phi) is 7.05. The normalized spacial score (nSPS) is 17.8. The van der Waals surface area contributed by atoms with Crippen molar-refractivity contribution in [2.75, 3.05) is 18.4 Å². The molecule has 0 aromatic heterocycles. The minimum atomic E-state index is -0.630. The maximum Gasteiger partial charge on any atom is 0.269 e. The summed E-state index contributed by atoms with van der Waals surface area (Å²) >= 11 is 0. The lowest BCUT2D eigenvalue weighted by Crippen LogP contribution is -2.49. The third-order valence-corrected chi connectivity index (χ3v) is 4.47. The summed E-state index contributed by atoms with van der Waals surface area (Å²) in [6, 6.07) is 4.37. The van der Waals surface area contributed by atoms with Crippen molar-refractivity contribution in [2.45, 2.75) is 44.2 Å². The number of rotatable bonds is 8. The Morgan fingerprint density at radius 2 is 2.00 bits per heavy atom. The molecule has 0 bridgehead atoms. The van der Waals surface area contributed by atoms with Crippen LogP contribution < -0.4 is 16.8 Å². The average molecular weight is 363 g/mol. The molecule has 0 radical (unpaired) electrons. The predicted octanol–water partition coefficient (Wildman–Crippen LogP) is 0.981. The number of nitrogens with two attached hydrogens (primary N) is 2. The number of likely N-dealkylation sites (tertiary alicyclic amines) is 1. The minimum Gasteiger partial charge on any atom is -0.330 e. The van der Waals surface area contributed by atoms with Gasteiger partial charge in [0.2, 0.25) is 11.8 Å². The first-order valence-electron chi connectivity index (χ1n) is 8.75. The summed E-state index contributed by atoms with van der Waals surface area (Å²) in [7, 11) is 0. The maximum atomic E-state index is 12.5. The van der Waals surface area contributed by atoms with Gasteiger partial charge in [-0.1, -0.05) is 6.42 Å². The van der Waals surface area contributed by atoms with Crippen molar-refractivity contribution in [3.8, 4) is 0 Å². The van der Waals surface area contributed by atoms with Crippen LogP contribution in [0.25, 0.3) is 0 Å². The number of hydrogen-bond donors (Lipinski definition) is 3. The van der Waals surface area contributed by atoms with E-state index in [9.17, 15) is 19.7 Å². The molecule has 1 aromatic carbocycles. The Morgan fingerprint density at radius 3 is 2.62 bits per heavy atom. The number of nitro groups is 1. The number of hydrogen-bond acceptors (Lipinski definition) is 6. The van der Waals surface area contributed by atoms with Crippen molar-refractivity contribution in [3.05, 3.63) is 34.4 Å². The van der Waals surface area contributed by atoms with Gasteiger partial charge in [0, 0.05) is 24.4 Å². The van der Waals surface area contributed by atoms with Crippen molar-refractivity contribution < 1.29 is 14.5 Å². The van der Waals surface area contributed by atoms with E-state index in [-0.39, 0.29) is 17.5 Å². The smallest absolute Gasteiger partial charge is 0.269 e. The van der Waals surface area contributed by atoms with Crippen LogP contribution in [0.1, 0.15) is 32.1 Å². The van der Waals surface area contributed by atoms with Gasteiger partial charge in [0.05, 0.1) is 11.0 Å². The number of carbonyl (C=O) groups excluding carboxylic acids is 2. The highest BCUT2D eigenvalue weighted by Crippen LogP contribution is 2.22. The Hall–Kier alpha value is -2.52. The fourth-order valence-electron chi connectivity index (χ4n) is 3.04. The van der Waals surface area contributed by atoms with E-state index in [1.807, 2.05) is 0 Å². The predicted molar refractivity (Wildman–Crippen MR) is 97.3 cm³/mol. The topological polar surface area (TPSA) is 145 Å². The second kappa shape index (κ2) is 9.25. The number of nitrogens with zero attached hydrogens (tertiary/aromatic N) is 2. The van der Waals surface area contributed by atoms with E-state index < -0.39 is 17.0 Å². The molecule has 142 valence electrons. The first kappa shape index (κ1) is 19.8. The molecule has 1 fully saturated rings. The van der Waals surface area contributed by atoms with Crippen LogP contribution in [-0.2, 0) is 9.59 Å². The number of non-ortho nitro benzene ring substituents is 1. The van der Waals surface area contributed by atoms with Gasteiger partial charge in [-0.05, 0) is 44.4 Å². The summed E-state index contributed by atoms with van der Waals surface area (Å²) in [5.74, 6) is -0.526. The van der Waals surface area contributed by atoms with E-state index in [0.717, 1.165) is 19.3 Å². The zero-order chi connectivity index (χ0) is 19.1. The van der Waals surface area contributed by atoms with E-state index in [0.29, 0.717) is 31.6 Å². The van der Waals surface area contributed by atoms with Gasteiger partial charge in [-0.15, -0.1) is 0 Å². The molecule has 1 aromatic rings. The lowest BCUT2D eigenvalue weighted by molar-refractivity contribution is -0.384. The fourth-order valence-corrected chi connectivity index (χ4v) is 3.04. The third-order valence-electron chi connectivity index (χ3n) is 4.47. The van der Waals surface area contributed by atoms with Gasteiger partial charge < -0.3 is 21.7 Å². The van der Waals surface area contributed by atoms with Crippen LogP contribution in [0, 0.1) is 10.1 Å². The highest BCUT2D eigenvalue weighted by molar-refractivity contribution is 5.98. The largest absolute Gasteiger partial charge is 0.330 e. The number of unbranched alkanes of at least 4 members (excludes halogenated alkanes) is 1. The number of anilines is 1. The molecule has 9 heteroatoms. The summed E-state index contributed by atoms with van der Waals surface area (Å²) in [6.07, 6.45) is 3.44. The summed E-state index contributed by atoms with van der Waals surface area (Å²) in [5, 5.41) is 13.4. The molecule has 2 rings (SSSR count). The summed E-state index contributed by atoms with van der Waals surface area (Å²) in [6.45, 7) is 1.06. The number of nitro benzene ring substituents is 1. The zero-order valence-corrected chi connectivity index (χ0v) is 14.6. The van der Waals surface area contributed by atoms with Gasteiger partial charge in [0.1, 0.15) is 6.04 Å². The van der Waals surface area contributed by atoms with Crippen LogP contribution in [0.5, 0.6) is 0 Å². The first-order valence-corrected chi connectivity index (χ1v) is 8.75. The fraction of sp³-hybridized carbons (Fsp3) is 0.529. The van der Waals surface area contributed by atoms with Crippen molar-refractivity contribution in [1.82, 2.24) is 4.90 Å². The summed E-state index contributed by atoms with van der Waals surface area (Å²) in [5.41, 5.74) is 11.8. The summed E-state index contributed by atoms with van der Waals surface area (Å²) < 4.78 is 0. The van der Waals surface area contributed by atoms with Crippen molar-refractivity contribution in [1.29, 1.82) is 0 Å². The second-order valence-electron chi connectivity index (χ2n) is 6.37. The van der Waals surface area contributed by atoms with E-state index in [1.165, 1.54) is 29.2 Å². The molecule has 1 saturated heterocycles. The van der Waals surface area contributed by atoms with Crippen molar-refractivity contribution in [3.63, 3.8) is 0 Å². The van der Waals surface area contributed by atoms with E-state index in [4.69, 9.17) is 11.5 Å². The van der Waals surface area contributed by atoms with Crippen LogP contribution in [0.2, 0.25) is 0 Å². The molecule has 0 saturated carbocycles. The molecule has 26 heavy (non-hydrogen) atoms. The highest BCUT2D eigenvalue weighted by Gasteiger charge is 2.36. The van der Waals surface area contributed by atoms with E-state index in [2.05, 4.69) is 5.32 Å². The Morgan fingerprint density at radius 1 is 1.31 bits per heavy atom. The number of nitrogens with one attached hydrogen (secondary N) is 1. The molecule has 9 nitrogen and oxygen atoms in total. The number of benzene rings is 1. The first-order chi connectivity index (χ1) is 12.4. The van der Waals surface area contributed by atoms with Crippen LogP contribution in [0.15, 0.2) is 24.3 Å².